The van der Waals surface area contributed by atoms with Crippen molar-refractivity contribution < 1.29 is 4.79 Å². The zero-order valence-electron chi connectivity index (χ0n) is 7.84. The van der Waals surface area contributed by atoms with E-state index in [2.05, 4.69) is 9.98 Å². The molecular formula is C9H10N4O. The molecule has 0 aromatic carbocycles. The number of hydrogen-bond acceptors (Lipinski definition) is 4. The van der Waals surface area contributed by atoms with Crippen LogP contribution in [0.15, 0.2) is 17.5 Å². The normalized spacial score (nSPS) is 11.4. The van der Waals surface area contributed by atoms with Gasteiger partial charge in [0, 0.05) is 6.54 Å². The Morgan fingerprint density at radius 2 is 2.57 bits per heavy atom. The third-order valence-corrected chi connectivity index (χ3v) is 1.79. The summed E-state index contributed by atoms with van der Waals surface area (Å²) in [5.41, 5.74) is 0.637. The molecule has 0 aliphatic rings. The van der Waals surface area contributed by atoms with E-state index in [-0.39, 0.29) is 0 Å². The number of aromatic nitrogens is 2. The Hall–Kier alpha value is -1.92. The first-order chi connectivity index (χ1) is 6.83. The molecule has 1 unspecified atom stereocenters. The number of rotatable bonds is 4. The number of isocyanates is 1. The third-order valence-electron chi connectivity index (χ3n) is 1.79. The van der Waals surface area contributed by atoms with Gasteiger partial charge in [-0.15, -0.1) is 0 Å². The fourth-order valence-corrected chi connectivity index (χ4v) is 1.20. The highest BCUT2D eigenvalue weighted by Crippen LogP contribution is 2.15. The van der Waals surface area contributed by atoms with Gasteiger partial charge >= 0.3 is 0 Å². The molecule has 1 aromatic rings. The highest BCUT2D eigenvalue weighted by Gasteiger charge is 2.13. The molecule has 0 aliphatic heterocycles. The van der Waals surface area contributed by atoms with Gasteiger partial charge in [0.1, 0.15) is 0 Å². The van der Waals surface area contributed by atoms with E-state index in [1.807, 2.05) is 17.6 Å². The zero-order valence-corrected chi connectivity index (χ0v) is 7.84. The van der Waals surface area contributed by atoms with E-state index in [1.165, 1.54) is 6.08 Å². The Kier molecular flexibility index (Phi) is 3.59. The minimum absolute atomic E-state index is 0.637. The van der Waals surface area contributed by atoms with E-state index in [1.54, 1.807) is 12.5 Å². The number of nitriles is 1. The molecule has 1 aromatic heterocycles. The van der Waals surface area contributed by atoms with E-state index in [0.717, 1.165) is 13.0 Å². The lowest BCUT2D eigenvalue weighted by molar-refractivity contribution is 0.559. The maximum atomic E-state index is 10.1. The maximum Gasteiger partial charge on any atom is 0.236 e. The average Bonchev–Trinajstić information content (AvgIpc) is 2.63. The van der Waals surface area contributed by atoms with Crippen molar-refractivity contribution >= 4 is 6.08 Å². The Bertz CT molecular complexity index is 384. The quantitative estimate of drug-likeness (QED) is 0.529. The number of aliphatic imine (C=N–C) groups is 1. The Labute approximate surface area is 81.7 Å². The van der Waals surface area contributed by atoms with Gasteiger partial charge in [0.25, 0.3) is 0 Å². The summed E-state index contributed by atoms with van der Waals surface area (Å²) in [7, 11) is 0. The van der Waals surface area contributed by atoms with Crippen molar-refractivity contribution in [1.82, 2.24) is 9.55 Å². The van der Waals surface area contributed by atoms with Crippen LogP contribution in [0.4, 0.5) is 0 Å². The molecule has 0 saturated heterocycles. The van der Waals surface area contributed by atoms with E-state index in [4.69, 9.17) is 5.26 Å². The molecule has 5 heteroatoms. The first-order valence-corrected chi connectivity index (χ1v) is 4.30. The molecule has 0 N–H and O–H groups in total. The van der Waals surface area contributed by atoms with Crippen LogP contribution in [0, 0.1) is 11.3 Å². The van der Waals surface area contributed by atoms with Gasteiger partial charge in [0.2, 0.25) is 6.08 Å². The second kappa shape index (κ2) is 4.95. The summed E-state index contributed by atoms with van der Waals surface area (Å²) in [6.45, 7) is 2.79. The number of nitrogens with zero attached hydrogens (tertiary/aromatic N) is 4. The largest absolute Gasteiger partial charge is 0.332 e. The van der Waals surface area contributed by atoms with Crippen LogP contribution >= 0.6 is 0 Å². The van der Waals surface area contributed by atoms with Gasteiger partial charge < -0.3 is 4.57 Å². The summed E-state index contributed by atoms with van der Waals surface area (Å²) in [5, 5.41) is 8.76. The summed E-state index contributed by atoms with van der Waals surface area (Å²) in [5.74, 6) is 0. The van der Waals surface area contributed by atoms with Crippen molar-refractivity contribution in [3.05, 3.63) is 18.2 Å². The van der Waals surface area contributed by atoms with Crippen molar-refractivity contribution in [3.63, 3.8) is 0 Å². The maximum absolute atomic E-state index is 10.1. The highest BCUT2D eigenvalue weighted by molar-refractivity contribution is 5.36. The van der Waals surface area contributed by atoms with Crippen LogP contribution in [0.25, 0.3) is 0 Å². The molecule has 0 fully saturated rings. The molecule has 0 saturated carbocycles. The van der Waals surface area contributed by atoms with Crippen molar-refractivity contribution in [1.29, 1.82) is 5.26 Å². The Morgan fingerprint density at radius 3 is 3.14 bits per heavy atom. The topological polar surface area (TPSA) is 71.0 Å². The van der Waals surface area contributed by atoms with Crippen LogP contribution in [0.1, 0.15) is 25.1 Å². The van der Waals surface area contributed by atoms with E-state index in [0.29, 0.717) is 5.69 Å². The van der Waals surface area contributed by atoms with Crippen molar-refractivity contribution in [2.24, 2.45) is 4.99 Å². The lowest BCUT2D eigenvalue weighted by atomic mass is 10.2. The predicted octanol–water partition coefficient (Wildman–Crippen LogP) is 1.19. The Morgan fingerprint density at radius 1 is 1.79 bits per heavy atom. The lowest BCUT2D eigenvalue weighted by Gasteiger charge is -2.06. The second-order valence-electron chi connectivity index (χ2n) is 2.76. The molecule has 72 valence electrons. The minimum Gasteiger partial charge on any atom is -0.332 e. The van der Waals surface area contributed by atoms with Crippen molar-refractivity contribution in [2.45, 2.75) is 25.9 Å². The van der Waals surface area contributed by atoms with Gasteiger partial charge in [-0.1, -0.05) is 6.92 Å². The SMILES string of the molecule is CCCn1cncc1C(C#N)N=C=O. The molecule has 0 aliphatic carbocycles. The fourth-order valence-electron chi connectivity index (χ4n) is 1.20. The lowest BCUT2D eigenvalue weighted by Crippen LogP contribution is -2.04. The van der Waals surface area contributed by atoms with Gasteiger partial charge in [-0.2, -0.15) is 10.3 Å². The molecule has 1 atom stereocenters. The van der Waals surface area contributed by atoms with E-state index in [9.17, 15) is 4.79 Å². The number of imidazole rings is 1. The molecule has 14 heavy (non-hydrogen) atoms. The first-order valence-electron chi connectivity index (χ1n) is 4.30. The van der Waals surface area contributed by atoms with Crippen LogP contribution in [0.5, 0.6) is 0 Å². The molecule has 0 radical (unpaired) electrons. The van der Waals surface area contributed by atoms with Crippen molar-refractivity contribution in [2.75, 3.05) is 0 Å². The van der Waals surface area contributed by atoms with E-state index < -0.39 is 6.04 Å². The van der Waals surface area contributed by atoms with Crippen LogP contribution in [-0.4, -0.2) is 15.6 Å². The van der Waals surface area contributed by atoms with E-state index >= 15 is 0 Å². The number of hydrogen-bond donors (Lipinski definition) is 0. The summed E-state index contributed by atoms with van der Waals surface area (Å²) >= 11 is 0. The molecule has 5 nitrogen and oxygen atoms in total. The molecular weight excluding hydrogens is 180 g/mol. The average molecular weight is 190 g/mol. The number of carbonyl (C=O) groups excluding carboxylic acids is 1. The fraction of sp³-hybridized carbons (Fsp3) is 0.444. The van der Waals surface area contributed by atoms with Gasteiger partial charge in [-0.3, -0.25) is 0 Å². The number of aryl methyl sites for hydroxylation is 1. The molecule has 0 amide bonds. The zero-order chi connectivity index (χ0) is 10.4. The van der Waals surface area contributed by atoms with Crippen LogP contribution in [0.2, 0.25) is 0 Å². The second-order valence-corrected chi connectivity index (χ2v) is 2.76. The summed E-state index contributed by atoms with van der Waals surface area (Å²) in [6, 6.07) is 1.12. The predicted molar refractivity (Wildman–Crippen MR) is 49.0 cm³/mol. The summed E-state index contributed by atoms with van der Waals surface area (Å²) < 4.78 is 1.81. The molecule has 0 spiro atoms. The highest BCUT2D eigenvalue weighted by atomic mass is 16.1. The standard InChI is InChI=1S/C9H10N4O/c1-2-3-13-6-11-5-9(13)8(4-10)12-7-14/h5-6,8H,2-3H2,1H3. The molecule has 0 bridgehead atoms. The molecule has 1 heterocycles. The first kappa shape index (κ1) is 10.2. The van der Waals surface area contributed by atoms with Gasteiger partial charge in [0.05, 0.1) is 24.3 Å². The van der Waals surface area contributed by atoms with Crippen LogP contribution < -0.4 is 0 Å². The van der Waals surface area contributed by atoms with Crippen LogP contribution in [-0.2, 0) is 11.3 Å². The van der Waals surface area contributed by atoms with Crippen molar-refractivity contribution in [3.8, 4) is 6.07 Å². The summed E-state index contributed by atoms with van der Waals surface area (Å²) in [4.78, 5) is 17.4. The monoisotopic (exact) mass is 190 g/mol. The van der Waals surface area contributed by atoms with Gasteiger partial charge in [-0.25, -0.2) is 9.78 Å². The smallest absolute Gasteiger partial charge is 0.236 e. The van der Waals surface area contributed by atoms with Gasteiger partial charge in [-0.05, 0) is 6.42 Å². The Balaban J connectivity index is 2.98. The van der Waals surface area contributed by atoms with Gasteiger partial charge in [0.15, 0.2) is 6.04 Å². The van der Waals surface area contributed by atoms with Crippen LogP contribution in [0.3, 0.4) is 0 Å². The third kappa shape index (κ3) is 2.06. The summed E-state index contributed by atoms with van der Waals surface area (Å²) in [6.07, 6.45) is 5.50. The minimum atomic E-state index is -0.790. The molecule has 1 rings (SSSR count).